The van der Waals surface area contributed by atoms with Crippen molar-refractivity contribution in [3.8, 4) is 5.75 Å². The highest BCUT2D eigenvalue weighted by Crippen LogP contribution is 2.40. The molecule has 2 saturated heterocycles. The highest BCUT2D eigenvalue weighted by Gasteiger charge is 2.40. The number of rotatable bonds is 4. The van der Waals surface area contributed by atoms with Crippen molar-refractivity contribution in [2.45, 2.75) is 63.7 Å². The van der Waals surface area contributed by atoms with E-state index in [1.54, 1.807) is 0 Å². The Bertz CT molecular complexity index is 580. The van der Waals surface area contributed by atoms with Crippen LogP contribution in [0.3, 0.4) is 0 Å². The van der Waals surface area contributed by atoms with Gasteiger partial charge in [0, 0.05) is 25.2 Å². The van der Waals surface area contributed by atoms with Gasteiger partial charge in [-0.05, 0) is 76.6 Å². The number of β-amino-alcohol motifs (C(OH)–C–C–N with tert-alkyl or cyclic N) is 1. The number of ether oxygens (including phenoxy) is 1. The van der Waals surface area contributed by atoms with Crippen molar-refractivity contribution in [1.82, 2.24) is 9.80 Å². The first-order valence-electron chi connectivity index (χ1n) is 10.5. The number of piperidine rings is 2. The highest BCUT2D eigenvalue weighted by molar-refractivity contribution is 5.33. The second kappa shape index (κ2) is 7.87. The lowest BCUT2D eigenvalue weighted by Gasteiger charge is -2.48. The Balaban J connectivity index is 1.36. The summed E-state index contributed by atoms with van der Waals surface area (Å²) in [5.74, 6) is 1.09. The third-order valence-corrected chi connectivity index (χ3v) is 6.68. The molecule has 1 aromatic rings. The topological polar surface area (TPSA) is 35.9 Å². The van der Waals surface area contributed by atoms with Crippen LogP contribution < -0.4 is 4.74 Å². The van der Waals surface area contributed by atoms with Crippen molar-refractivity contribution >= 4 is 0 Å². The third kappa shape index (κ3) is 4.24. The standard InChI is InChI=1S/C22H34N2O2/c1-23-16-19(25)14-22(17-23)10-12-24(13-11-22)15-18-6-2-5-9-21(18)26-20-7-3-4-8-20/h2,5-6,9,19-20,25H,3-4,7-8,10-17H2,1H3. The van der Waals surface area contributed by atoms with Crippen molar-refractivity contribution in [1.29, 1.82) is 0 Å². The smallest absolute Gasteiger partial charge is 0.124 e. The molecule has 1 spiro atoms. The van der Waals surface area contributed by atoms with E-state index in [9.17, 15) is 5.11 Å². The van der Waals surface area contributed by atoms with Gasteiger partial charge >= 0.3 is 0 Å². The number of hydrogen-bond acceptors (Lipinski definition) is 4. The number of likely N-dealkylation sites (tertiary alicyclic amines) is 2. The van der Waals surface area contributed by atoms with E-state index in [1.165, 1.54) is 44.1 Å². The van der Waals surface area contributed by atoms with Crippen molar-refractivity contribution < 1.29 is 9.84 Å². The number of aliphatic hydroxyl groups excluding tert-OH is 1. The van der Waals surface area contributed by atoms with E-state index in [2.05, 4.69) is 41.1 Å². The van der Waals surface area contributed by atoms with Crippen LogP contribution in [0.1, 0.15) is 50.5 Å². The molecule has 0 amide bonds. The van der Waals surface area contributed by atoms with Gasteiger partial charge in [0.15, 0.2) is 0 Å². The van der Waals surface area contributed by atoms with Gasteiger partial charge in [0.25, 0.3) is 0 Å². The summed E-state index contributed by atoms with van der Waals surface area (Å²) in [6.45, 7) is 5.20. The van der Waals surface area contributed by atoms with Gasteiger partial charge in [-0.15, -0.1) is 0 Å². The molecule has 1 saturated carbocycles. The van der Waals surface area contributed by atoms with Crippen LogP contribution in [0.5, 0.6) is 5.75 Å². The normalized spacial score (nSPS) is 27.8. The molecule has 1 atom stereocenters. The van der Waals surface area contributed by atoms with Crippen molar-refractivity contribution in [2.75, 3.05) is 33.2 Å². The molecule has 4 heteroatoms. The molecule has 3 aliphatic rings. The first-order chi connectivity index (χ1) is 12.6. The van der Waals surface area contributed by atoms with E-state index in [4.69, 9.17) is 4.74 Å². The average Bonchev–Trinajstić information content (AvgIpc) is 3.11. The molecule has 26 heavy (non-hydrogen) atoms. The van der Waals surface area contributed by atoms with Crippen LogP contribution in [0.15, 0.2) is 24.3 Å². The maximum atomic E-state index is 10.2. The number of benzene rings is 1. The fourth-order valence-electron chi connectivity index (χ4n) is 5.35. The summed E-state index contributed by atoms with van der Waals surface area (Å²) in [4.78, 5) is 4.89. The Hall–Kier alpha value is -1.10. The maximum Gasteiger partial charge on any atom is 0.124 e. The summed E-state index contributed by atoms with van der Waals surface area (Å²) >= 11 is 0. The molecule has 1 aliphatic carbocycles. The van der Waals surface area contributed by atoms with Crippen LogP contribution in [0.2, 0.25) is 0 Å². The lowest BCUT2D eigenvalue weighted by Crippen LogP contribution is -2.52. The maximum absolute atomic E-state index is 10.2. The molecule has 2 heterocycles. The first-order valence-corrected chi connectivity index (χ1v) is 10.5. The van der Waals surface area contributed by atoms with Crippen molar-refractivity contribution in [3.63, 3.8) is 0 Å². The molecule has 4 nitrogen and oxygen atoms in total. The summed E-state index contributed by atoms with van der Waals surface area (Å²) in [6, 6.07) is 8.60. The second-order valence-corrected chi connectivity index (χ2v) is 8.96. The summed E-state index contributed by atoms with van der Waals surface area (Å²) in [5, 5.41) is 10.2. The SMILES string of the molecule is CN1CC(O)CC2(CCN(Cc3ccccc3OC3CCCC3)CC2)C1. The molecule has 0 radical (unpaired) electrons. The molecule has 4 rings (SSSR count). The molecule has 1 aromatic carbocycles. The van der Waals surface area contributed by atoms with Gasteiger partial charge < -0.3 is 14.7 Å². The Labute approximate surface area is 158 Å². The fourth-order valence-corrected chi connectivity index (χ4v) is 5.35. The molecule has 0 bridgehead atoms. The zero-order valence-corrected chi connectivity index (χ0v) is 16.2. The van der Waals surface area contributed by atoms with Gasteiger partial charge in [0.1, 0.15) is 5.75 Å². The molecule has 0 aromatic heterocycles. The quantitative estimate of drug-likeness (QED) is 0.896. The predicted octanol–water partition coefficient (Wildman–Crippen LogP) is 3.29. The van der Waals surface area contributed by atoms with Crippen LogP contribution in [-0.2, 0) is 6.54 Å². The minimum atomic E-state index is -0.152. The van der Waals surface area contributed by atoms with Crippen molar-refractivity contribution in [3.05, 3.63) is 29.8 Å². The Morgan fingerprint density at radius 3 is 2.62 bits per heavy atom. The molecular formula is C22H34N2O2. The van der Waals surface area contributed by atoms with E-state index in [0.717, 1.165) is 44.9 Å². The monoisotopic (exact) mass is 358 g/mol. The molecule has 1 N–H and O–H groups in total. The van der Waals surface area contributed by atoms with E-state index in [-0.39, 0.29) is 6.10 Å². The highest BCUT2D eigenvalue weighted by atomic mass is 16.5. The third-order valence-electron chi connectivity index (χ3n) is 6.68. The van der Waals surface area contributed by atoms with Gasteiger partial charge in [0.05, 0.1) is 12.2 Å². The van der Waals surface area contributed by atoms with Crippen LogP contribution in [0.4, 0.5) is 0 Å². The number of nitrogens with zero attached hydrogens (tertiary/aromatic N) is 2. The van der Waals surface area contributed by atoms with Crippen LogP contribution in [0.25, 0.3) is 0 Å². The molecule has 3 fully saturated rings. The van der Waals surface area contributed by atoms with Crippen LogP contribution in [-0.4, -0.2) is 60.3 Å². The van der Waals surface area contributed by atoms with E-state index >= 15 is 0 Å². The van der Waals surface area contributed by atoms with Crippen LogP contribution >= 0.6 is 0 Å². The number of hydrogen-bond donors (Lipinski definition) is 1. The van der Waals surface area contributed by atoms with Gasteiger partial charge in [-0.3, -0.25) is 4.90 Å². The molecule has 144 valence electrons. The van der Waals surface area contributed by atoms with E-state index < -0.39 is 0 Å². The van der Waals surface area contributed by atoms with E-state index in [0.29, 0.717) is 11.5 Å². The lowest BCUT2D eigenvalue weighted by atomic mass is 9.71. The molecule has 2 aliphatic heterocycles. The van der Waals surface area contributed by atoms with Gasteiger partial charge in [-0.25, -0.2) is 0 Å². The zero-order valence-electron chi connectivity index (χ0n) is 16.2. The number of aliphatic hydroxyl groups is 1. The fraction of sp³-hybridized carbons (Fsp3) is 0.727. The summed E-state index contributed by atoms with van der Waals surface area (Å²) in [5.41, 5.74) is 1.65. The predicted molar refractivity (Wildman–Crippen MR) is 104 cm³/mol. The average molecular weight is 359 g/mol. The minimum Gasteiger partial charge on any atom is -0.490 e. The largest absolute Gasteiger partial charge is 0.490 e. The van der Waals surface area contributed by atoms with E-state index in [1.807, 2.05) is 0 Å². The second-order valence-electron chi connectivity index (χ2n) is 8.96. The molecule has 1 unspecified atom stereocenters. The summed E-state index contributed by atoms with van der Waals surface area (Å²) < 4.78 is 6.32. The lowest BCUT2D eigenvalue weighted by molar-refractivity contribution is -0.0331. The summed E-state index contributed by atoms with van der Waals surface area (Å²) in [7, 11) is 2.15. The Morgan fingerprint density at radius 1 is 1.15 bits per heavy atom. The van der Waals surface area contributed by atoms with Gasteiger partial charge in [-0.2, -0.15) is 0 Å². The van der Waals surface area contributed by atoms with Gasteiger partial charge in [0.2, 0.25) is 0 Å². The minimum absolute atomic E-state index is 0.152. The van der Waals surface area contributed by atoms with Gasteiger partial charge in [-0.1, -0.05) is 18.2 Å². The zero-order chi connectivity index (χ0) is 18.0. The molecular weight excluding hydrogens is 324 g/mol. The number of para-hydroxylation sites is 1. The number of likely N-dealkylation sites (N-methyl/N-ethyl adjacent to an activating group) is 1. The Morgan fingerprint density at radius 2 is 1.88 bits per heavy atom. The Kier molecular flexibility index (Phi) is 5.53. The summed E-state index contributed by atoms with van der Waals surface area (Å²) in [6.07, 6.45) is 8.66. The van der Waals surface area contributed by atoms with Crippen molar-refractivity contribution in [2.24, 2.45) is 5.41 Å². The first kappa shape index (κ1) is 18.3. The van der Waals surface area contributed by atoms with Crippen LogP contribution in [0, 0.1) is 5.41 Å².